The van der Waals surface area contributed by atoms with Crippen molar-refractivity contribution in [2.45, 2.75) is 46.3 Å². The molecule has 18 heavy (non-hydrogen) atoms. The number of rotatable bonds is 2. The third-order valence-electron chi connectivity index (χ3n) is 4.34. The molecule has 100 valence electrons. The van der Waals surface area contributed by atoms with Crippen LogP contribution >= 0.6 is 0 Å². The molecular weight excluding hydrogens is 222 g/mol. The fourth-order valence-corrected chi connectivity index (χ4v) is 2.35. The molecule has 2 rings (SSSR count). The molecule has 1 fully saturated rings. The van der Waals surface area contributed by atoms with E-state index in [2.05, 4.69) is 58.1 Å². The molecule has 1 N–H and O–H groups in total. The molecule has 0 aliphatic carbocycles. The zero-order valence-corrected chi connectivity index (χ0v) is 12.2. The van der Waals surface area contributed by atoms with E-state index >= 15 is 0 Å². The lowest BCUT2D eigenvalue weighted by Gasteiger charge is -2.42. The molecule has 1 heterocycles. The Morgan fingerprint density at radius 2 is 2.00 bits per heavy atom. The molecule has 1 aromatic rings. The average Bonchev–Trinajstić information content (AvgIpc) is 2.32. The first kappa shape index (κ1) is 13.6. The van der Waals surface area contributed by atoms with Crippen LogP contribution in [0.2, 0.25) is 0 Å². The van der Waals surface area contributed by atoms with E-state index in [-0.39, 0.29) is 11.7 Å². The van der Waals surface area contributed by atoms with E-state index in [1.54, 1.807) is 0 Å². The maximum Gasteiger partial charge on any atom is 0.0957 e. The number of aryl methyl sites for hydroxylation is 2. The summed E-state index contributed by atoms with van der Waals surface area (Å²) in [5, 5.41) is 3.51. The fourth-order valence-electron chi connectivity index (χ4n) is 2.35. The molecule has 2 unspecified atom stereocenters. The van der Waals surface area contributed by atoms with E-state index in [9.17, 15) is 0 Å². The summed E-state index contributed by atoms with van der Waals surface area (Å²) in [6, 6.07) is 6.64. The quantitative estimate of drug-likeness (QED) is 0.865. The molecule has 0 spiro atoms. The lowest BCUT2D eigenvalue weighted by Crippen LogP contribution is -2.52. The van der Waals surface area contributed by atoms with Crippen LogP contribution in [0.5, 0.6) is 0 Å². The van der Waals surface area contributed by atoms with Crippen molar-refractivity contribution in [3.63, 3.8) is 0 Å². The zero-order chi connectivity index (χ0) is 13.3. The molecule has 2 atom stereocenters. The SMILES string of the molecule is Cc1ccc(C2CNCC(C)(C(C)C)O2)cc1C. The maximum absolute atomic E-state index is 6.35. The zero-order valence-electron chi connectivity index (χ0n) is 12.2. The van der Waals surface area contributed by atoms with Gasteiger partial charge in [-0.1, -0.05) is 32.0 Å². The number of ether oxygens (including phenoxy) is 1. The summed E-state index contributed by atoms with van der Waals surface area (Å²) in [6.45, 7) is 12.8. The van der Waals surface area contributed by atoms with Crippen LogP contribution in [0.4, 0.5) is 0 Å². The minimum absolute atomic E-state index is 0.0678. The van der Waals surface area contributed by atoms with Gasteiger partial charge in [0.2, 0.25) is 0 Å². The molecule has 1 aliphatic heterocycles. The molecule has 0 saturated carbocycles. The summed E-state index contributed by atoms with van der Waals surface area (Å²) in [6.07, 6.45) is 0.172. The van der Waals surface area contributed by atoms with Gasteiger partial charge in [-0.25, -0.2) is 0 Å². The van der Waals surface area contributed by atoms with Crippen LogP contribution in [0.3, 0.4) is 0 Å². The second-order valence-electron chi connectivity index (χ2n) is 6.05. The monoisotopic (exact) mass is 247 g/mol. The van der Waals surface area contributed by atoms with Crippen molar-refractivity contribution in [1.29, 1.82) is 0 Å². The predicted octanol–water partition coefficient (Wildman–Crippen LogP) is 3.38. The second-order valence-corrected chi connectivity index (χ2v) is 6.05. The third-order valence-corrected chi connectivity index (χ3v) is 4.34. The standard InChI is InChI=1S/C16H25NO/c1-11(2)16(5)10-17-9-15(18-16)14-7-6-12(3)13(4)8-14/h6-8,11,15,17H,9-10H2,1-5H3. The largest absolute Gasteiger partial charge is 0.364 e. The van der Waals surface area contributed by atoms with Crippen LogP contribution in [0.15, 0.2) is 18.2 Å². The third kappa shape index (κ3) is 2.60. The van der Waals surface area contributed by atoms with E-state index in [4.69, 9.17) is 4.74 Å². The summed E-state index contributed by atoms with van der Waals surface area (Å²) >= 11 is 0. The Morgan fingerprint density at radius 3 is 2.61 bits per heavy atom. The van der Waals surface area contributed by atoms with Crippen LogP contribution in [-0.4, -0.2) is 18.7 Å². The van der Waals surface area contributed by atoms with Gasteiger partial charge in [-0.2, -0.15) is 0 Å². The molecule has 2 nitrogen and oxygen atoms in total. The first-order valence-electron chi connectivity index (χ1n) is 6.88. The smallest absolute Gasteiger partial charge is 0.0957 e. The summed E-state index contributed by atoms with van der Waals surface area (Å²) in [5.74, 6) is 0.513. The number of nitrogens with one attached hydrogen (secondary N) is 1. The van der Waals surface area contributed by atoms with E-state index in [1.165, 1.54) is 16.7 Å². The van der Waals surface area contributed by atoms with Crippen molar-refractivity contribution in [2.24, 2.45) is 5.92 Å². The normalized spacial score (nSPS) is 28.7. The first-order valence-corrected chi connectivity index (χ1v) is 6.88. The van der Waals surface area contributed by atoms with Gasteiger partial charge in [-0.3, -0.25) is 0 Å². The van der Waals surface area contributed by atoms with Gasteiger partial charge < -0.3 is 10.1 Å². The lowest BCUT2D eigenvalue weighted by molar-refractivity contribution is -0.132. The van der Waals surface area contributed by atoms with Crippen LogP contribution in [0.1, 0.15) is 43.6 Å². The van der Waals surface area contributed by atoms with Crippen LogP contribution in [-0.2, 0) is 4.74 Å². The van der Waals surface area contributed by atoms with Gasteiger partial charge in [0.05, 0.1) is 11.7 Å². The van der Waals surface area contributed by atoms with Gasteiger partial charge in [0.25, 0.3) is 0 Å². The highest BCUT2D eigenvalue weighted by atomic mass is 16.5. The molecule has 0 radical (unpaired) electrons. The Hall–Kier alpha value is -0.860. The van der Waals surface area contributed by atoms with Crippen LogP contribution in [0, 0.1) is 19.8 Å². The summed E-state index contributed by atoms with van der Waals surface area (Å²) in [5.41, 5.74) is 3.90. The molecule has 1 aromatic carbocycles. The molecule has 2 heteroatoms. The number of benzene rings is 1. The Kier molecular flexibility index (Phi) is 3.79. The van der Waals surface area contributed by atoms with E-state index < -0.39 is 0 Å². The van der Waals surface area contributed by atoms with Crippen LogP contribution in [0.25, 0.3) is 0 Å². The van der Waals surface area contributed by atoms with Gasteiger partial charge in [0.15, 0.2) is 0 Å². The van der Waals surface area contributed by atoms with Crippen LogP contribution < -0.4 is 5.32 Å². The highest BCUT2D eigenvalue weighted by molar-refractivity contribution is 5.31. The Labute approximate surface area is 111 Å². The van der Waals surface area contributed by atoms with Crippen molar-refractivity contribution in [3.05, 3.63) is 34.9 Å². The summed E-state index contributed by atoms with van der Waals surface area (Å²) in [7, 11) is 0. The molecule has 0 bridgehead atoms. The minimum atomic E-state index is -0.0678. The Morgan fingerprint density at radius 1 is 1.28 bits per heavy atom. The fraction of sp³-hybridized carbons (Fsp3) is 0.625. The van der Waals surface area contributed by atoms with E-state index in [0.717, 1.165) is 13.1 Å². The predicted molar refractivity (Wildman–Crippen MR) is 75.9 cm³/mol. The minimum Gasteiger partial charge on any atom is -0.364 e. The van der Waals surface area contributed by atoms with Crippen molar-refractivity contribution >= 4 is 0 Å². The van der Waals surface area contributed by atoms with Gasteiger partial charge in [-0.05, 0) is 43.4 Å². The van der Waals surface area contributed by atoms with Gasteiger partial charge in [0, 0.05) is 13.1 Å². The van der Waals surface area contributed by atoms with Crippen molar-refractivity contribution in [1.82, 2.24) is 5.32 Å². The molecule has 0 aromatic heterocycles. The lowest BCUT2D eigenvalue weighted by atomic mass is 9.89. The molecule has 1 saturated heterocycles. The average molecular weight is 247 g/mol. The number of hydrogen-bond acceptors (Lipinski definition) is 2. The van der Waals surface area contributed by atoms with Crippen molar-refractivity contribution < 1.29 is 4.74 Å². The van der Waals surface area contributed by atoms with Crippen molar-refractivity contribution in [3.8, 4) is 0 Å². The summed E-state index contributed by atoms with van der Waals surface area (Å²) < 4.78 is 6.35. The van der Waals surface area contributed by atoms with E-state index in [0.29, 0.717) is 5.92 Å². The highest BCUT2D eigenvalue weighted by Gasteiger charge is 2.36. The van der Waals surface area contributed by atoms with Gasteiger partial charge in [-0.15, -0.1) is 0 Å². The molecule has 1 aliphatic rings. The number of hydrogen-bond donors (Lipinski definition) is 1. The summed E-state index contributed by atoms with van der Waals surface area (Å²) in [4.78, 5) is 0. The van der Waals surface area contributed by atoms with Gasteiger partial charge in [0.1, 0.15) is 0 Å². The molecule has 0 amide bonds. The number of morpholine rings is 1. The van der Waals surface area contributed by atoms with Gasteiger partial charge >= 0.3 is 0 Å². The van der Waals surface area contributed by atoms with E-state index in [1.807, 2.05) is 0 Å². The highest BCUT2D eigenvalue weighted by Crippen LogP contribution is 2.32. The Bertz CT molecular complexity index is 427. The maximum atomic E-state index is 6.35. The van der Waals surface area contributed by atoms with Crippen molar-refractivity contribution in [2.75, 3.05) is 13.1 Å². The molecular formula is C16H25NO. The second kappa shape index (κ2) is 5.02. The first-order chi connectivity index (χ1) is 8.42. The Balaban J connectivity index is 2.20. The topological polar surface area (TPSA) is 21.3 Å².